The number of rotatable bonds is 2. The number of H-pyrrole nitrogens is 1. The van der Waals surface area contributed by atoms with Crippen molar-refractivity contribution in [2.75, 3.05) is 16.8 Å². The Labute approximate surface area is 106 Å². The predicted octanol–water partition coefficient (Wildman–Crippen LogP) is 1.10. The molecule has 1 atom stereocenters. The van der Waals surface area contributed by atoms with E-state index in [-0.39, 0.29) is 5.91 Å². The van der Waals surface area contributed by atoms with Gasteiger partial charge in [0.05, 0.1) is 11.6 Å². The van der Waals surface area contributed by atoms with Gasteiger partial charge in [0.2, 0.25) is 5.91 Å². The van der Waals surface area contributed by atoms with Crippen LogP contribution in [0, 0.1) is 5.92 Å². The van der Waals surface area contributed by atoms with E-state index in [1.165, 1.54) is 6.33 Å². The summed E-state index contributed by atoms with van der Waals surface area (Å²) in [5.74, 6) is 1.10. The number of anilines is 1. The lowest BCUT2D eigenvalue weighted by Crippen LogP contribution is -2.25. The van der Waals surface area contributed by atoms with Gasteiger partial charge in [0.25, 0.3) is 0 Å². The Hall–Kier alpha value is -1.50. The number of carbonyl (C=O) groups is 1. The fourth-order valence-electron chi connectivity index (χ4n) is 2.06. The zero-order chi connectivity index (χ0) is 11.8. The zero-order valence-electron chi connectivity index (χ0n) is 8.93. The Bertz CT molecular complexity index is 569. The van der Waals surface area contributed by atoms with Gasteiger partial charge in [-0.3, -0.25) is 14.8 Å². The van der Waals surface area contributed by atoms with Crippen LogP contribution in [-0.4, -0.2) is 37.9 Å². The molecule has 0 bridgehead atoms. The minimum absolute atomic E-state index is 0.107. The molecule has 0 radical (unpaired) electrons. The second kappa shape index (κ2) is 4.06. The van der Waals surface area contributed by atoms with E-state index >= 15 is 0 Å². The molecule has 17 heavy (non-hydrogen) atoms. The summed E-state index contributed by atoms with van der Waals surface area (Å²) in [4.78, 5) is 21.9. The van der Waals surface area contributed by atoms with E-state index in [4.69, 9.17) is 0 Å². The molecule has 1 aliphatic heterocycles. The van der Waals surface area contributed by atoms with Crippen molar-refractivity contribution in [3.05, 3.63) is 12.5 Å². The van der Waals surface area contributed by atoms with Crippen LogP contribution in [0.4, 0.5) is 5.82 Å². The van der Waals surface area contributed by atoms with Gasteiger partial charge in [-0.25, -0.2) is 9.97 Å². The number of nitrogens with zero attached hydrogens (tertiary/aromatic N) is 4. The third-order valence-electron chi connectivity index (χ3n) is 2.91. The highest BCUT2D eigenvalue weighted by atomic mass is 79.9. The lowest BCUT2D eigenvalue weighted by Gasteiger charge is -2.15. The van der Waals surface area contributed by atoms with Gasteiger partial charge in [-0.05, 0) is 5.92 Å². The van der Waals surface area contributed by atoms with Crippen LogP contribution in [-0.2, 0) is 4.79 Å². The highest BCUT2D eigenvalue weighted by Crippen LogP contribution is 2.28. The molecule has 2 aromatic heterocycles. The van der Waals surface area contributed by atoms with Crippen molar-refractivity contribution in [3.63, 3.8) is 0 Å². The molecule has 88 valence electrons. The third kappa shape index (κ3) is 1.70. The average molecular weight is 296 g/mol. The maximum absolute atomic E-state index is 11.9. The Balaban J connectivity index is 2.04. The summed E-state index contributed by atoms with van der Waals surface area (Å²) in [6.07, 6.45) is 3.67. The molecule has 3 rings (SSSR count). The molecule has 1 fully saturated rings. The Morgan fingerprint density at radius 2 is 2.41 bits per heavy atom. The van der Waals surface area contributed by atoms with Crippen LogP contribution >= 0.6 is 15.9 Å². The fourth-order valence-corrected chi connectivity index (χ4v) is 2.49. The number of hydrogen-bond donors (Lipinski definition) is 1. The van der Waals surface area contributed by atoms with Gasteiger partial charge in [-0.15, -0.1) is 0 Å². The van der Waals surface area contributed by atoms with Gasteiger partial charge in [-0.2, -0.15) is 5.10 Å². The summed E-state index contributed by atoms with van der Waals surface area (Å²) in [5, 5.41) is 8.31. The van der Waals surface area contributed by atoms with Crippen molar-refractivity contribution in [2.45, 2.75) is 6.42 Å². The number of carbonyl (C=O) groups excluding carboxylic acids is 1. The molecule has 1 aliphatic rings. The number of halogens is 1. The van der Waals surface area contributed by atoms with Gasteiger partial charge >= 0.3 is 0 Å². The molecule has 0 aliphatic carbocycles. The van der Waals surface area contributed by atoms with Crippen molar-refractivity contribution in [2.24, 2.45) is 5.92 Å². The standard InChI is InChI=1S/C10H10BrN5O/c11-2-6-1-8(17)16(4-6)10-7-3-14-15-9(7)12-5-13-10/h3,5-6H,1-2,4H2,(H,12,13,14,15). The van der Waals surface area contributed by atoms with E-state index in [2.05, 4.69) is 36.1 Å². The normalized spacial score (nSPS) is 20.4. The molecule has 7 heteroatoms. The summed E-state index contributed by atoms with van der Waals surface area (Å²) in [6, 6.07) is 0. The summed E-state index contributed by atoms with van der Waals surface area (Å²) >= 11 is 3.42. The minimum atomic E-state index is 0.107. The molecule has 1 unspecified atom stereocenters. The predicted molar refractivity (Wildman–Crippen MR) is 65.9 cm³/mol. The van der Waals surface area contributed by atoms with Gasteiger partial charge in [0.15, 0.2) is 5.65 Å². The first kappa shape index (κ1) is 10.6. The topological polar surface area (TPSA) is 74.8 Å². The Morgan fingerprint density at radius 1 is 1.53 bits per heavy atom. The molecule has 1 saturated heterocycles. The number of fused-ring (bicyclic) bond motifs is 1. The van der Waals surface area contributed by atoms with E-state index in [1.807, 2.05) is 0 Å². The molecule has 2 aromatic rings. The van der Waals surface area contributed by atoms with Crippen LogP contribution in [0.1, 0.15) is 6.42 Å². The largest absolute Gasteiger partial charge is 0.296 e. The van der Waals surface area contributed by atoms with Gasteiger partial charge < -0.3 is 0 Å². The Morgan fingerprint density at radius 3 is 3.18 bits per heavy atom. The molecule has 6 nitrogen and oxygen atoms in total. The second-order valence-corrected chi connectivity index (χ2v) is 4.71. The molecule has 1 amide bonds. The number of aromatic nitrogens is 4. The van der Waals surface area contributed by atoms with E-state index in [1.54, 1.807) is 11.1 Å². The molecule has 0 saturated carbocycles. The third-order valence-corrected chi connectivity index (χ3v) is 3.82. The first-order chi connectivity index (χ1) is 8.29. The zero-order valence-corrected chi connectivity index (χ0v) is 10.5. The lowest BCUT2D eigenvalue weighted by atomic mass is 10.2. The number of hydrogen-bond acceptors (Lipinski definition) is 4. The fraction of sp³-hybridized carbons (Fsp3) is 0.400. The van der Waals surface area contributed by atoms with Crippen LogP contribution in [0.5, 0.6) is 0 Å². The lowest BCUT2D eigenvalue weighted by molar-refractivity contribution is -0.117. The molecule has 0 aromatic carbocycles. The maximum atomic E-state index is 11.9. The number of alkyl halides is 1. The first-order valence-electron chi connectivity index (χ1n) is 5.30. The smallest absolute Gasteiger partial charge is 0.228 e. The molecule has 0 spiro atoms. The number of aromatic amines is 1. The van der Waals surface area contributed by atoms with Crippen LogP contribution in [0.3, 0.4) is 0 Å². The van der Waals surface area contributed by atoms with E-state index < -0.39 is 0 Å². The van der Waals surface area contributed by atoms with Crippen molar-refractivity contribution in [1.29, 1.82) is 0 Å². The molecule has 3 heterocycles. The first-order valence-corrected chi connectivity index (χ1v) is 6.42. The number of nitrogens with one attached hydrogen (secondary N) is 1. The van der Waals surface area contributed by atoms with Gasteiger partial charge in [0, 0.05) is 18.3 Å². The van der Waals surface area contributed by atoms with Crippen LogP contribution in [0.25, 0.3) is 11.0 Å². The minimum Gasteiger partial charge on any atom is -0.296 e. The average Bonchev–Trinajstić information content (AvgIpc) is 2.94. The van der Waals surface area contributed by atoms with Crippen LogP contribution in [0.2, 0.25) is 0 Å². The van der Waals surface area contributed by atoms with Crippen LogP contribution < -0.4 is 4.90 Å². The summed E-state index contributed by atoms with van der Waals surface area (Å²) < 4.78 is 0. The van der Waals surface area contributed by atoms with Gasteiger partial charge in [0.1, 0.15) is 12.1 Å². The second-order valence-electron chi connectivity index (χ2n) is 4.06. The molecular weight excluding hydrogens is 286 g/mol. The van der Waals surface area contributed by atoms with Crippen molar-refractivity contribution in [3.8, 4) is 0 Å². The quantitative estimate of drug-likeness (QED) is 0.842. The molecular formula is C10H10BrN5O. The van der Waals surface area contributed by atoms with E-state index in [0.717, 1.165) is 10.7 Å². The van der Waals surface area contributed by atoms with Crippen molar-refractivity contribution >= 4 is 38.7 Å². The SMILES string of the molecule is O=C1CC(CBr)CN1c1ncnc2[nH]ncc12. The van der Waals surface area contributed by atoms with Gasteiger partial charge in [-0.1, -0.05) is 15.9 Å². The van der Waals surface area contributed by atoms with Crippen molar-refractivity contribution in [1.82, 2.24) is 20.2 Å². The van der Waals surface area contributed by atoms with Crippen LogP contribution in [0.15, 0.2) is 12.5 Å². The summed E-state index contributed by atoms with van der Waals surface area (Å²) in [6.45, 7) is 0.696. The van der Waals surface area contributed by atoms with Crippen molar-refractivity contribution < 1.29 is 4.79 Å². The monoisotopic (exact) mass is 295 g/mol. The van der Waals surface area contributed by atoms with E-state index in [9.17, 15) is 4.79 Å². The molecule has 1 N–H and O–H groups in total. The highest BCUT2D eigenvalue weighted by Gasteiger charge is 2.31. The highest BCUT2D eigenvalue weighted by molar-refractivity contribution is 9.09. The summed E-state index contributed by atoms with van der Waals surface area (Å²) in [5.41, 5.74) is 0.657. The van der Waals surface area contributed by atoms with E-state index in [0.29, 0.717) is 30.3 Å². The Kier molecular flexibility index (Phi) is 2.54. The summed E-state index contributed by atoms with van der Waals surface area (Å²) in [7, 11) is 0. The number of amides is 1. The maximum Gasteiger partial charge on any atom is 0.228 e.